The summed E-state index contributed by atoms with van der Waals surface area (Å²) in [6.07, 6.45) is 0. The van der Waals surface area contributed by atoms with E-state index < -0.39 is 0 Å². The van der Waals surface area contributed by atoms with Crippen molar-refractivity contribution in [1.82, 2.24) is 0 Å². The average Bonchev–Trinajstić information content (AvgIpc) is 1.50. The van der Waals surface area contributed by atoms with Crippen LogP contribution in [-0.4, -0.2) is 45.4 Å². The van der Waals surface area contributed by atoms with Crippen molar-refractivity contribution >= 4 is 76.6 Å². The van der Waals surface area contributed by atoms with Gasteiger partial charge < -0.3 is 13.5 Å². The van der Waals surface area contributed by atoms with E-state index in [1.54, 1.807) is 0 Å². The first-order valence-electron chi connectivity index (χ1n) is 0.365. The van der Waals surface area contributed by atoms with Crippen LogP contribution in [0.3, 0.4) is 0 Å². The molecule has 0 saturated heterocycles. The summed E-state index contributed by atoms with van der Waals surface area (Å²) in [5.74, 6) is 0. The molecule has 0 bridgehead atoms. The van der Waals surface area contributed by atoms with Crippen LogP contribution in [-0.2, 0) is 13.5 Å². The summed E-state index contributed by atoms with van der Waals surface area (Å²) in [6, 6.07) is 0. The Hall–Kier alpha value is 2.56. The van der Waals surface area contributed by atoms with Gasteiger partial charge in [-0.3, -0.25) is 0 Å². The van der Waals surface area contributed by atoms with Gasteiger partial charge in [-0.15, -0.1) is 0 Å². The van der Waals surface area contributed by atoms with Crippen molar-refractivity contribution in [3.05, 3.63) is 0 Å². The monoisotopic (exact) mass is 515 g/mol. The standard InChI is InChI=1S/2Bi.H2S.2S/h;;1H2;;/q;+1;;;/p-1. The third kappa shape index (κ3) is 20.8. The Balaban J connectivity index is -0.0000000133. The topological polar surface area (TPSA) is 0 Å². The van der Waals surface area contributed by atoms with E-state index in [0.29, 0.717) is 0 Å². The van der Waals surface area contributed by atoms with Crippen molar-refractivity contribution in [2.24, 2.45) is 0 Å². The van der Waals surface area contributed by atoms with E-state index in [0.717, 1.165) is 45.4 Å². The van der Waals surface area contributed by atoms with Gasteiger partial charge in [0.15, 0.2) is 0 Å². The van der Waals surface area contributed by atoms with E-state index in [4.69, 9.17) is 0 Å². The Kier molecular flexibility index (Phi) is 96.9. The molecule has 0 aliphatic carbocycles. The Morgan fingerprint density at radius 3 is 1.20 bits per heavy atom. The predicted octanol–water partition coefficient (Wildman–Crippen LogP) is 0.265. The number of hydrogen-bond donors (Lipinski definition) is 0. The van der Waals surface area contributed by atoms with Gasteiger partial charge in [0.1, 0.15) is 0 Å². The van der Waals surface area contributed by atoms with Crippen LogP contribution in [0.5, 0.6) is 0 Å². The Morgan fingerprint density at radius 1 is 1.20 bits per heavy atom. The summed E-state index contributed by atoms with van der Waals surface area (Å²) in [5.41, 5.74) is 0. The van der Waals surface area contributed by atoms with Crippen LogP contribution < -0.4 is 0 Å². The van der Waals surface area contributed by atoms with Crippen LogP contribution in [0.2, 0.25) is 0 Å². The van der Waals surface area contributed by atoms with Crippen LogP contribution in [0.25, 0.3) is 0 Å². The fourth-order valence-corrected chi connectivity index (χ4v) is 0. The molecule has 0 aromatic rings. The molecular formula is HBi2S3. The van der Waals surface area contributed by atoms with Crippen LogP contribution in [0.4, 0.5) is 0 Å². The quantitative estimate of drug-likeness (QED) is 0.259. The van der Waals surface area contributed by atoms with Gasteiger partial charge in [0.05, 0.1) is 0 Å². The third-order valence-corrected chi connectivity index (χ3v) is 0. The zero-order valence-corrected chi connectivity index (χ0v) is 11.6. The van der Waals surface area contributed by atoms with Gasteiger partial charge in [0.25, 0.3) is 0 Å². The zero-order chi connectivity index (χ0) is 4.00. The molecular weight excluding hydrogens is 514 g/mol. The summed E-state index contributed by atoms with van der Waals surface area (Å²) >= 11 is 2.06. The molecule has 5 heavy (non-hydrogen) atoms. The molecule has 0 atom stereocenters. The molecule has 0 fully saturated rings. The molecule has 0 unspecified atom stereocenters. The maximum atomic E-state index is 4.19. The summed E-state index contributed by atoms with van der Waals surface area (Å²) in [5, 5.41) is 0. The first-order valence-corrected chi connectivity index (χ1v) is 9.61. The van der Waals surface area contributed by atoms with Crippen molar-refractivity contribution in [3.63, 3.8) is 0 Å². The first kappa shape index (κ1) is 15.6. The second-order valence-corrected chi connectivity index (χ2v) is 0. The summed E-state index contributed by atoms with van der Waals surface area (Å²) in [7, 11) is 8.39. The molecule has 0 heterocycles. The van der Waals surface area contributed by atoms with Crippen LogP contribution >= 0.6 is 17.7 Å². The fourth-order valence-electron chi connectivity index (χ4n) is 0. The summed E-state index contributed by atoms with van der Waals surface area (Å²) in [4.78, 5) is 0. The Morgan fingerprint density at radius 2 is 1.20 bits per heavy atom. The van der Waals surface area contributed by atoms with Crippen molar-refractivity contribution in [3.8, 4) is 0 Å². The number of thiol groups is 1. The van der Waals surface area contributed by atoms with Crippen molar-refractivity contribution in [2.45, 2.75) is 0 Å². The van der Waals surface area contributed by atoms with Crippen molar-refractivity contribution in [1.29, 1.82) is 0 Å². The van der Waals surface area contributed by atoms with E-state index >= 15 is 0 Å². The average molecular weight is 515 g/mol. The van der Waals surface area contributed by atoms with Gasteiger partial charge in [-0.05, 0) is 0 Å². The molecule has 0 N–H and O–H groups in total. The molecule has 0 rings (SSSR count). The SMILES string of the molecule is [SH-].[S]=[Bi+].[S]=[Bi]. The number of hydrogen-bond acceptors (Lipinski definition) is 3. The van der Waals surface area contributed by atoms with Gasteiger partial charge >= 0.3 is 63.1 Å². The molecule has 0 saturated carbocycles. The number of rotatable bonds is 0. The minimum absolute atomic E-state index is 0. The predicted molar refractivity (Wildman–Crippen MR) is 35.5 cm³/mol. The van der Waals surface area contributed by atoms with E-state index in [1.807, 2.05) is 0 Å². The second-order valence-electron chi connectivity index (χ2n) is 0. The fraction of sp³-hybridized carbons (Fsp3) is 0. The molecule has 0 nitrogen and oxygen atoms in total. The minimum atomic E-state index is 0. The molecule has 0 spiro atoms. The van der Waals surface area contributed by atoms with Gasteiger partial charge in [-0.25, -0.2) is 0 Å². The molecule has 5 heteroatoms. The van der Waals surface area contributed by atoms with E-state index in [2.05, 4.69) is 17.7 Å². The van der Waals surface area contributed by atoms with Gasteiger partial charge in [0, 0.05) is 0 Å². The summed E-state index contributed by atoms with van der Waals surface area (Å²) < 4.78 is 0. The maximum absolute atomic E-state index is 4.19. The first-order chi connectivity index (χ1) is 2.00. The molecule has 29 valence electrons. The molecule has 0 amide bonds. The zero-order valence-electron chi connectivity index (χ0n) is 2.16. The Labute approximate surface area is 75.1 Å². The Bertz CT molecular complexity index is 6.85. The van der Waals surface area contributed by atoms with Gasteiger partial charge in [-0.2, -0.15) is 0 Å². The van der Waals surface area contributed by atoms with Crippen molar-refractivity contribution in [2.75, 3.05) is 0 Å². The van der Waals surface area contributed by atoms with Crippen LogP contribution in [0, 0.1) is 0 Å². The van der Waals surface area contributed by atoms with Crippen LogP contribution in [0.1, 0.15) is 0 Å². The third-order valence-electron chi connectivity index (χ3n) is 0. The van der Waals surface area contributed by atoms with E-state index in [9.17, 15) is 0 Å². The molecule has 0 aliphatic rings. The molecule has 3 radical (unpaired) electrons. The molecule has 0 aromatic heterocycles. The van der Waals surface area contributed by atoms with Gasteiger partial charge in [0.2, 0.25) is 0 Å². The molecule has 0 aromatic carbocycles. The van der Waals surface area contributed by atoms with Crippen LogP contribution in [0.15, 0.2) is 0 Å². The van der Waals surface area contributed by atoms with Gasteiger partial charge in [-0.1, -0.05) is 0 Å². The van der Waals surface area contributed by atoms with Crippen molar-refractivity contribution < 1.29 is 0 Å². The normalized spacial score (nSPS) is 1.60. The molecule has 0 aliphatic heterocycles. The second kappa shape index (κ2) is 31.0. The summed E-state index contributed by atoms with van der Waals surface area (Å²) in [6.45, 7) is 0. The van der Waals surface area contributed by atoms with E-state index in [1.165, 1.54) is 0 Å². The van der Waals surface area contributed by atoms with E-state index in [-0.39, 0.29) is 13.5 Å².